The molecule has 0 spiro atoms. The predicted octanol–water partition coefficient (Wildman–Crippen LogP) is 1.57. The highest BCUT2D eigenvalue weighted by Gasteiger charge is 2.43. The Morgan fingerprint density at radius 2 is 2.20 bits per heavy atom. The second-order valence-corrected chi connectivity index (χ2v) is 4.99. The summed E-state index contributed by atoms with van der Waals surface area (Å²) in [5, 5.41) is 3.32. The van der Waals surface area contributed by atoms with Gasteiger partial charge >= 0.3 is 0 Å². The monoisotopic (exact) mass is 213 g/mol. The smallest absolute Gasteiger partial charge is 0.0617 e. The molecule has 2 fully saturated rings. The minimum Gasteiger partial charge on any atom is -0.378 e. The normalized spacial score (nSPS) is 41.2. The van der Waals surface area contributed by atoms with Crippen molar-refractivity contribution in [3.05, 3.63) is 0 Å². The second-order valence-electron chi connectivity index (χ2n) is 4.99. The van der Waals surface area contributed by atoms with Crippen molar-refractivity contribution >= 4 is 0 Å². The van der Waals surface area contributed by atoms with Crippen LogP contribution in [0.25, 0.3) is 0 Å². The van der Waals surface area contributed by atoms with E-state index < -0.39 is 0 Å². The average molecular weight is 213 g/mol. The lowest BCUT2D eigenvalue weighted by atomic mass is 9.76. The predicted molar refractivity (Wildman–Crippen MR) is 60.0 cm³/mol. The lowest BCUT2D eigenvalue weighted by molar-refractivity contribution is 0.0157. The van der Waals surface area contributed by atoms with Crippen LogP contribution in [0.4, 0.5) is 0 Å². The summed E-state index contributed by atoms with van der Waals surface area (Å²) in [6.45, 7) is 5.12. The number of rotatable bonds is 4. The minimum absolute atomic E-state index is 0.309. The molecule has 88 valence electrons. The van der Waals surface area contributed by atoms with Crippen molar-refractivity contribution in [2.45, 2.75) is 44.8 Å². The third kappa shape index (κ3) is 2.35. The van der Waals surface area contributed by atoms with Gasteiger partial charge in [-0.3, -0.25) is 0 Å². The summed E-state index contributed by atoms with van der Waals surface area (Å²) < 4.78 is 11.5. The molecule has 2 aliphatic heterocycles. The third-order valence-electron chi connectivity index (χ3n) is 4.02. The van der Waals surface area contributed by atoms with E-state index in [2.05, 4.69) is 12.2 Å². The third-order valence-corrected chi connectivity index (χ3v) is 4.02. The summed E-state index contributed by atoms with van der Waals surface area (Å²) in [5.74, 6) is 0. The first kappa shape index (κ1) is 11.4. The van der Waals surface area contributed by atoms with Crippen molar-refractivity contribution in [1.82, 2.24) is 5.32 Å². The van der Waals surface area contributed by atoms with Crippen LogP contribution in [0, 0.1) is 5.41 Å². The van der Waals surface area contributed by atoms with Crippen LogP contribution in [0.5, 0.6) is 0 Å². The molecular weight excluding hydrogens is 190 g/mol. The van der Waals surface area contributed by atoms with Gasteiger partial charge < -0.3 is 14.8 Å². The molecule has 3 unspecified atom stereocenters. The molecule has 2 saturated heterocycles. The van der Waals surface area contributed by atoms with Crippen molar-refractivity contribution in [3.63, 3.8) is 0 Å². The van der Waals surface area contributed by atoms with Crippen molar-refractivity contribution in [2.24, 2.45) is 5.41 Å². The van der Waals surface area contributed by atoms with E-state index >= 15 is 0 Å². The molecule has 15 heavy (non-hydrogen) atoms. The molecule has 3 nitrogen and oxygen atoms in total. The molecule has 3 atom stereocenters. The van der Waals surface area contributed by atoms with Crippen LogP contribution in [0.1, 0.15) is 32.6 Å². The van der Waals surface area contributed by atoms with E-state index in [1.54, 1.807) is 0 Å². The fourth-order valence-electron chi connectivity index (χ4n) is 3.00. The fourth-order valence-corrected chi connectivity index (χ4v) is 3.00. The van der Waals surface area contributed by atoms with Gasteiger partial charge in [0, 0.05) is 25.2 Å². The van der Waals surface area contributed by atoms with Crippen LogP contribution in [0.15, 0.2) is 0 Å². The van der Waals surface area contributed by atoms with Gasteiger partial charge in [-0.05, 0) is 39.7 Å². The number of hydrogen-bond donors (Lipinski definition) is 1. The molecule has 0 aromatic carbocycles. The molecule has 0 amide bonds. The van der Waals surface area contributed by atoms with E-state index in [0.29, 0.717) is 17.6 Å². The van der Waals surface area contributed by atoms with E-state index in [1.807, 2.05) is 7.05 Å². The molecule has 0 aliphatic carbocycles. The minimum atomic E-state index is 0.309. The van der Waals surface area contributed by atoms with Gasteiger partial charge in [0.2, 0.25) is 0 Å². The molecule has 0 bridgehead atoms. The van der Waals surface area contributed by atoms with Crippen LogP contribution in [0.2, 0.25) is 0 Å². The van der Waals surface area contributed by atoms with E-state index in [-0.39, 0.29) is 0 Å². The van der Waals surface area contributed by atoms with Crippen LogP contribution >= 0.6 is 0 Å². The first-order valence-corrected chi connectivity index (χ1v) is 6.15. The molecule has 3 heteroatoms. The Bertz CT molecular complexity index is 204. The Labute approximate surface area is 92.5 Å². The quantitative estimate of drug-likeness (QED) is 0.769. The van der Waals surface area contributed by atoms with Crippen molar-refractivity contribution in [3.8, 4) is 0 Å². The van der Waals surface area contributed by atoms with Gasteiger partial charge in [-0.1, -0.05) is 0 Å². The van der Waals surface area contributed by atoms with E-state index in [4.69, 9.17) is 9.47 Å². The SMILES string of the molecule is CNCC1(CC2CCCO2)CCOC1C. The summed E-state index contributed by atoms with van der Waals surface area (Å²) in [5.41, 5.74) is 0.309. The Morgan fingerprint density at radius 1 is 1.33 bits per heavy atom. The molecule has 2 aliphatic rings. The standard InChI is InChI=1S/C12H23NO2/c1-10-12(9-13-2,5-7-14-10)8-11-4-3-6-15-11/h10-11,13H,3-9H2,1-2H3. The Morgan fingerprint density at radius 3 is 2.73 bits per heavy atom. The topological polar surface area (TPSA) is 30.5 Å². The van der Waals surface area contributed by atoms with Gasteiger partial charge in [0.15, 0.2) is 0 Å². The van der Waals surface area contributed by atoms with Crippen molar-refractivity contribution in [1.29, 1.82) is 0 Å². The zero-order valence-electron chi connectivity index (χ0n) is 9.92. The van der Waals surface area contributed by atoms with Gasteiger partial charge in [-0.15, -0.1) is 0 Å². The number of ether oxygens (including phenoxy) is 2. The molecule has 0 saturated carbocycles. The Kier molecular flexibility index (Phi) is 3.65. The molecule has 2 rings (SSSR count). The van der Waals surface area contributed by atoms with Crippen LogP contribution < -0.4 is 5.32 Å². The molecule has 1 N–H and O–H groups in total. The number of hydrogen-bond acceptors (Lipinski definition) is 3. The van der Waals surface area contributed by atoms with Crippen LogP contribution in [-0.4, -0.2) is 39.0 Å². The lowest BCUT2D eigenvalue weighted by Gasteiger charge is -2.34. The maximum absolute atomic E-state index is 5.75. The molecular formula is C12H23NO2. The number of nitrogens with one attached hydrogen (secondary N) is 1. The van der Waals surface area contributed by atoms with Crippen LogP contribution in [-0.2, 0) is 9.47 Å². The van der Waals surface area contributed by atoms with Gasteiger partial charge in [0.05, 0.1) is 12.2 Å². The fraction of sp³-hybridized carbons (Fsp3) is 1.00. The zero-order chi connectivity index (χ0) is 10.7. The Hall–Kier alpha value is -0.120. The average Bonchev–Trinajstić information content (AvgIpc) is 2.80. The molecule has 0 aromatic rings. The summed E-state index contributed by atoms with van der Waals surface area (Å²) in [6, 6.07) is 0. The highest BCUT2D eigenvalue weighted by atomic mass is 16.5. The second kappa shape index (κ2) is 4.81. The first-order chi connectivity index (χ1) is 7.27. The van der Waals surface area contributed by atoms with E-state index in [1.165, 1.54) is 19.3 Å². The zero-order valence-corrected chi connectivity index (χ0v) is 9.92. The first-order valence-electron chi connectivity index (χ1n) is 6.15. The van der Waals surface area contributed by atoms with E-state index in [9.17, 15) is 0 Å². The highest BCUT2D eigenvalue weighted by Crippen LogP contribution is 2.40. The molecule has 0 aromatic heterocycles. The summed E-state index contributed by atoms with van der Waals surface area (Å²) >= 11 is 0. The van der Waals surface area contributed by atoms with Crippen molar-refractivity contribution in [2.75, 3.05) is 26.8 Å². The Balaban J connectivity index is 1.98. The maximum atomic E-state index is 5.75. The summed E-state index contributed by atoms with van der Waals surface area (Å²) in [7, 11) is 2.03. The summed E-state index contributed by atoms with van der Waals surface area (Å²) in [4.78, 5) is 0. The largest absolute Gasteiger partial charge is 0.378 e. The van der Waals surface area contributed by atoms with Gasteiger partial charge in [-0.25, -0.2) is 0 Å². The van der Waals surface area contributed by atoms with E-state index in [0.717, 1.165) is 26.2 Å². The van der Waals surface area contributed by atoms with Gasteiger partial charge in [0.25, 0.3) is 0 Å². The van der Waals surface area contributed by atoms with Crippen LogP contribution in [0.3, 0.4) is 0 Å². The molecule has 0 radical (unpaired) electrons. The highest BCUT2D eigenvalue weighted by molar-refractivity contribution is 4.93. The summed E-state index contributed by atoms with van der Waals surface area (Å²) in [6.07, 6.45) is 5.65. The maximum Gasteiger partial charge on any atom is 0.0617 e. The lowest BCUT2D eigenvalue weighted by Crippen LogP contribution is -2.40. The molecule has 2 heterocycles. The van der Waals surface area contributed by atoms with Gasteiger partial charge in [-0.2, -0.15) is 0 Å². The van der Waals surface area contributed by atoms with Gasteiger partial charge in [0.1, 0.15) is 0 Å². The van der Waals surface area contributed by atoms with Crippen molar-refractivity contribution < 1.29 is 9.47 Å².